The predicted molar refractivity (Wildman–Crippen MR) is 145 cm³/mol. The number of hydrogen-bond acceptors (Lipinski definition) is 5. The molecular weight excluding hydrogens is 591 g/mol. The predicted octanol–water partition coefficient (Wildman–Crippen LogP) is 3.58. The molecule has 1 spiro atoms. The van der Waals surface area contributed by atoms with Crippen molar-refractivity contribution >= 4 is 23.8 Å². The summed E-state index contributed by atoms with van der Waals surface area (Å²) in [6.45, 7) is -0.862. The lowest BCUT2D eigenvalue weighted by atomic mass is 9.90. The van der Waals surface area contributed by atoms with Crippen LogP contribution in [-0.2, 0) is 33.0 Å². The van der Waals surface area contributed by atoms with Crippen LogP contribution in [0.5, 0.6) is 0 Å². The van der Waals surface area contributed by atoms with Gasteiger partial charge in [0.15, 0.2) is 0 Å². The fourth-order valence-corrected chi connectivity index (χ4v) is 5.43. The van der Waals surface area contributed by atoms with E-state index in [1.54, 1.807) is 12.3 Å². The van der Waals surface area contributed by atoms with Gasteiger partial charge in [0.1, 0.15) is 36.7 Å². The highest BCUT2D eigenvalue weighted by atomic mass is 19.4. The standard InChI is InChI=1S/C29H27F5N6O4/c1-16(29(32,33)34)39(12-17-3-6-20(30)7-4-17)25(42)15-40-26(43)28(37-27(40)44)10-23(31)21-9-18(5-8-22(21)28)19-11-36-38(13-19)14-24(41)35-2/h3-9,11,13,16,23H,10,12,14-15H2,1-2H3,(H,35,41)(H,37,44)/t16-,23?,28?/m0/s1. The van der Waals surface area contributed by atoms with E-state index in [4.69, 9.17) is 0 Å². The number of imide groups is 1. The largest absolute Gasteiger partial charge is 0.408 e. The number of halogens is 5. The minimum Gasteiger partial charge on any atom is -0.358 e. The molecule has 5 amide bonds. The Morgan fingerprint density at radius 3 is 2.50 bits per heavy atom. The maximum absolute atomic E-state index is 15.4. The molecule has 2 unspecified atom stereocenters. The molecule has 3 atom stereocenters. The number of aromatic nitrogens is 2. The summed E-state index contributed by atoms with van der Waals surface area (Å²) in [7, 11) is 1.48. The van der Waals surface area contributed by atoms with Gasteiger partial charge in [0.05, 0.1) is 6.20 Å². The van der Waals surface area contributed by atoms with Gasteiger partial charge in [-0.25, -0.2) is 13.6 Å². The van der Waals surface area contributed by atoms with Gasteiger partial charge in [0, 0.05) is 31.8 Å². The number of likely N-dealkylation sites (N-methyl/N-ethyl adjacent to an activating group) is 1. The number of alkyl halides is 4. The molecule has 44 heavy (non-hydrogen) atoms. The first kappa shape index (κ1) is 30.6. The second-order valence-electron chi connectivity index (χ2n) is 10.7. The average molecular weight is 619 g/mol. The highest BCUT2D eigenvalue weighted by Crippen LogP contribution is 2.49. The minimum atomic E-state index is -4.84. The number of carbonyl (C=O) groups is 4. The van der Waals surface area contributed by atoms with Gasteiger partial charge >= 0.3 is 12.2 Å². The average Bonchev–Trinajstić information content (AvgIpc) is 3.62. The molecule has 2 N–H and O–H groups in total. The number of hydrogen-bond donors (Lipinski definition) is 2. The molecule has 2 aromatic carbocycles. The van der Waals surface area contributed by atoms with Gasteiger partial charge in [-0.3, -0.25) is 24.0 Å². The van der Waals surface area contributed by atoms with Crippen LogP contribution in [-0.4, -0.2) is 69.1 Å². The zero-order valence-corrected chi connectivity index (χ0v) is 23.5. The Morgan fingerprint density at radius 2 is 1.84 bits per heavy atom. The molecule has 3 aromatic rings. The summed E-state index contributed by atoms with van der Waals surface area (Å²) in [4.78, 5) is 52.4. The molecule has 232 valence electrons. The van der Waals surface area contributed by atoms with Gasteiger partial charge in [-0.2, -0.15) is 18.3 Å². The van der Waals surface area contributed by atoms with Crippen molar-refractivity contribution < 1.29 is 41.1 Å². The quantitative estimate of drug-likeness (QED) is 0.296. The van der Waals surface area contributed by atoms with E-state index < -0.39 is 67.1 Å². The number of urea groups is 1. The lowest BCUT2D eigenvalue weighted by Gasteiger charge is -2.32. The van der Waals surface area contributed by atoms with E-state index in [1.165, 1.54) is 42.2 Å². The molecule has 1 aliphatic heterocycles. The summed E-state index contributed by atoms with van der Waals surface area (Å²) in [5.41, 5.74) is -0.277. The fraction of sp³-hybridized carbons (Fsp3) is 0.345. The van der Waals surface area contributed by atoms with Gasteiger partial charge < -0.3 is 15.5 Å². The highest BCUT2D eigenvalue weighted by molar-refractivity contribution is 6.10. The number of rotatable bonds is 8. The Morgan fingerprint density at radius 1 is 1.14 bits per heavy atom. The maximum atomic E-state index is 15.4. The SMILES string of the molecule is CNC(=O)Cn1cc(-c2ccc3c(c2)C(F)CC32NC(=O)N(CC(=O)N(Cc3ccc(F)cc3)[C@@H](C)C(F)(F)F)C2=O)cn1. The van der Waals surface area contributed by atoms with Crippen LogP contribution in [0, 0.1) is 5.82 Å². The maximum Gasteiger partial charge on any atom is 0.408 e. The van der Waals surface area contributed by atoms with E-state index in [0.717, 1.165) is 19.1 Å². The van der Waals surface area contributed by atoms with E-state index in [0.29, 0.717) is 20.9 Å². The van der Waals surface area contributed by atoms with Crippen molar-refractivity contribution in [3.63, 3.8) is 0 Å². The van der Waals surface area contributed by atoms with Crippen LogP contribution >= 0.6 is 0 Å². The Kier molecular flexibility index (Phi) is 7.90. The lowest BCUT2D eigenvalue weighted by Crippen LogP contribution is -2.51. The summed E-state index contributed by atoms with van der Waals surface area (Å²) in [5, 5.41) is 9.06. The number of carbonyl (C=O) groups excluding carboxylic acids is 4. The molecular formula is C29H27F5N6O4. The van der Waals surface area contributed by atoms with E-state index in [-0.39, 0.29) is 29.1 Å². The summed E-state index contributed by atoms with van der Waals surface area (Å²) < 4.78 is 71.2. The molecule has 1 aromatic heterocycles. The van der Waals surface area contributed by atoms with Gasteiger partial charge in [-0.05, 0) is 47.4 Å². The third-order valence-electron chi connectivity index (χ3n) is 7.88. The van der Waals surface area contributed by atoms with Crippen LogP contribution in [0.1, 0.15) is 36.2 Å². The van der Waals surface area contributed by atoms with Crippen LogP contribution in [0.25, 0.3) is 11.1 Å². The van der Waals surface area contributed by atoms with Gasteiger partial charge in [0.2, 0.25) is 11.8 Å². The third kappa shape index (κ3) is 5.61. The second kappa shape index (κ2) is 11.4. The first-order valence-corrected chi connectivity index (χ1v) is 13.5. The van der Waals surface area contributed by atoms with Crippen molar-refractivity contribution in [3.05, 3.63) is 77.4 Å². The zero-order chi connectivity index (χ0) is 32.0. The molecule has 1 aliphatic carbocycles. The molecule has 5 rings (SSSR count). The van der Waals surface area contributed by atoms with E-state index in [2.05, 4.69) is 15.7 Å². The lowest BCUT2D eigenvalue weighted by molar-refractivity contribution is -0.187. The fourth-order valence-electron chi connectivity index (χ4n) is 5.43. The van der Waals surface area contributed by atoms with E-state index in [9.17, 15) is 36.7 Å². The van der Waals surface area contributed by atoms with Crippen LogP contribution < -0.4 is 10.6 Å². The molecule has 2 aliphatic rings. The number of nitrogens with zero attached hydrogens (tertiary/aromatic N) is 4. The molecule has 1 fully saturated rings. The second-order valence-corrected chi connectivity index (χ2v) is 10.7. The molecule has 15 heteroatoms. The van der Waals surface area contributed by atoms with Gasteiger partial charge in [-0.15, -0.1) is 0 Å². The number of fused-ring (bicyclic) bond motifs is 2. The van der Waals surface area contributed by atoms with E-state index >= 15 is 4.39 Å². The summed E-state index contributed by atoms with van der Waals surface area (Å²) in [6, 6.07) is 5.71. The smallest absolute Gasteiger partial charge is 0.358 e. The molecule has 0 bridgehead atoms. The normalized spacial score (nSPS) is 20.1. The van der Waals surface area contributed by atoms with Crippen molar-refractivity contribution in [2.75, 3.05) is 13.6 Å². The summed E-state index contributed by atoms with van der Waals surface area (Å²) in [6.07, 6.45) is -3.93. The number of amides is 5. The molecule has 2 heterocycles. The molecule has 0 saturated carbocycles. The third-order valence-corrected chi connectivity index (χ3v) is 7.88. The topological polar surface area (TPSA) is 117 Å². The molecule has 10 nitrogen and oxygen atoms in total. The van der Waals surface area contributed by atoms with Crippen molar-refractivity contribution in [1.82, 2.24) is 30.2 Å². The molecule has 0 radical (unpaired) electrons. The first-order chi connectivity index (χ1) is 20.7. The summed E-state index contributed by atoms with van der Waals surface area (Å²) in [5.74, 6) is -3.04. The zero-order valence-electron chi connectivity index (χ0n) is 23.5. The Labute approximate surface area is 247 Å². The van der Waals surface area contributed by atoms with E-state index in [1.807, 2.05) is 0 Å². The van der Waals surface area contributed by atoms with Crippen molar-refractivity contribution in [2.24, 2.45) is 0 Å². The number of nitrogens with one attached hydrogen (secondary N) is 2. The summed E-state index contributed by atoms with van der Waals surface area (Å²) >= 11 is 0. The Balaban J connectivity index is 1.39. The monoisotopic (exact) mass is 618 g/mol. The van der Waals surface area contributed by atoms with Gasteiger partial charge in [0.25, 0.3) is 5.91 Å². The Bertz CT molecular complexity index is 1620. The first-order valence-electron chi connectivity index (χ1n) is 13.5. The Hall–Kier alpha value is -4.82. The molecule has 1 saturated heterocycles. The van der Waals surface area contributed by atoms with Crippen LogP contribution in [0.3, 0.4) is 0 Å². The van der Waals surface area contributed by atoms with Crippen LogP contribution in [0.2, 0.25) is 0 Å². The van der Waals surface area contributed by atoms with Crippen LogP contribution in [0.15, 0.2) is 54.9 Å². The van der Waals surface area contributed by atoms with Crippen molar-refractivity contribution in [1.29, 1.82) is 0 Å². The minimum absolute atomic E-state index is 0.0333. The van der Waals surface area contributed by atoms with Crippen molar-refractivity contribution in [2.45, 2.75) is 50.4 Å². The van der Waals surface area contributed by atoms with Gasteiger partial charge in [-0.1, -0.05) is 24.3 Å². The number of benzene rings is 2. The highest BCUT2D eigenvalue weighted by Gasteiger charge is 2.59. The van der Waals surface area contributed by atoms with Crippen molar-refractivity contribution in [3.8, 4) is 11.1 Å². The van der Waals surface area contributed by atoms with Crippen LogP contribution in [0.4, 0.5) is 26.7 Å².